The molecule has 1 unspecified atom stereocenters. The highest BCUT2D eigenvalue weighted by molar-refractivity contribution is 7.99. The van der Waals surface area contributed by atoms with Gasteiger partial charge >= 0.3 is 0 Å². The van der Waals surface area contributed by atoms with Crippen LogP contribution in [-0.4, -0.2) is 37.7 Å². The number of nitrogens with zero attached hydrogens (tertiary/aromatic N) is 4. The highest BCUT2D eigenvalue weighted by Gasteiger charge is 2.20. The lowest BCUT2D eigenvalue weighted by atomic mass is 10.0. The Labute approximate surface area is 171 Å². The second-order valence-corrected chi connectivity index (χ2v) is 9.18. The van der Waals surface area contributed by atoms with Gasteiger partial charge in [0.2, 0.25) is 0 Å². The second kappa shape index (κ2) is 8.97. The van der Waals surface area contributed by atoms with E-state index < -0.39 is 0 Å². The van der Waals surface area contributed by atoms with Crippen molar-refractivity contribution in [2.45, 2.75) is 43.6 Å². The Morgan fingerprint density at radius 3 is 2.75 bits per heavy atom. The Hall–Kier alpha value is -2.04. The van der Waals surface area contributed by atoms with Crippen molar-refractivity contribution in [3.8, 4) is 0 Å². The molecule has 7 nitrogen and oxygen atoms in total. The van der Waals surface area contributed by atoms with Crippen molar-refractivity contribution in [2.24, 2.45) is 5.92 Å². The number of hydrogen-bond donors (Lipinski definition) is 3. The van der Waals surface area contributed by atoms with Gasteiger partial charge in [-0.15, -0.1) is 0 Å². The van der Waals surface area contributed by atoms with Gasteiger partial charge in [-0.2, -0.15) is 0 Å². The number of nitrogens with one attached hydrogen (secondary N) is 1. The minimum Gasteiger partial charge on any atom is -0.394 e. The minimum absolute atomic E-state index is 0.0179. The highest BCUT2D eigenvalue weighted by Crippen LogP contribution is 2.36. The number of aromatic nitrogens is 4. The molecule has 0 aliphatic heterocycles. The topological polar surface area (TPSA) is 110 Å². The lowest BCUT2D eigenvalue weighted by molar-refractivity contribution is 0.259. The van der Waals surface area contributed by atoms with E-state index in [0.717, 1.165) is 11.1 Å². The van der Waals surface area contributed by atoms with E-state index in [1.165, 1.54) is 29.2 Å². The third-order valence-electron chi connectivity index (χ3n) is 4.02. The van der Waals surface area contributed by atoms with Gasteiger partial charge in [0.1, 0.15) is 10.5 Å². The lowest BCUT2D eigenvalue weighted by Gasteiger charge is -2.19. The van der Waals surface area contributed by atoms with E-state index in [-0.39, 0.29) is 23.7 Å². The number of fused-ring (bicyclic) bond motifs is 1. The number of aliphatic hydroxyl groups excluding tert-OH is 1. The van der Waals surface area contributed by atoms with E-state index in [2.05, 4.69) is 39.1 Å². The van der Waals surface area contributed by atoms with Crippen molar-refractivity contribution < 1.29 is 9.50 Å². The molecule has 28 heavy (non-hydrogen) atoms. The van der Waals surface area contributed by atoms with Crippen LogP contribution in [0.25, 0.3) is 10.3 Å². The van der Waals surface area contributed by atoms with Crippen LogP contribution in [-0.2, 0) is 0 Å². The van der Waals surface area contributed by atoms with Crippen molar-refractivity contribution >= 4 is 44.4 Å². The monoisotopic (exact) mass is 422 g/mol. The van der Waals surface area contributed by atoms with E-state index in [1.54, 1.807) is 12.3 Å². The standard InChI is InChI=1S/C18H23FN6OS2/c1-9(2)7-11(8-26)22-15-14-16(23-17(20)28-14)25-18(24-15)27-10(3)13-12(19)5-4-6-21-13/h4-6,9-11,26H,7-8H2,1-3H3,(H3,20,22,23,24,25)/t10?,11-/m1/s1. The molecule has 0 radical (unpaired) electrons. The number of rotatable bonds is 8. The largest absolute Gasteiger partial charge is 0.394 e. The first-order valence-corrected chi connectivity index (χ1v) is 10.7. The molecule has 3 aromatic rings. The molecule has 3 rings (SSSR count). The summed E-state index contributed by atoms with van der Waals surface area (Å²) in [7, 11) is 0. The van der Waals surface area contributed by atoms with E-state index >= 15 is 0 Å². The van der Waals surface area contributed by atoms with Crippen molar-refractivity contribution in [3.63, 3.8) is 0 Å². The van der Waals surface area contributed by atoms with Gasteiger partial charge in [-0.05, 0) is 31.4 Å². The molecule has 3 heterocycles. The third-order valence-corrected chi connectivity index (χ3v) is 5.87. The van der Waals surface area contributed by atoms with Crippen LogP contribution in [0, 0.1) is 11.7 Å². The van der Waals surface area contributed by atoms with Crippen LogP contribution in [0.1, 0.15) is 38.1 Å². The molecule has 0 fully saturated rings. The molecular weight excluding hydrogens is 399 g/mol. The molecule has 150 valence electrons. The molecule has 10 heteroatoms. The van der Waals surface area contributed by atoms with Gasteiger partial charge in [0.05, 0.1) is 23.6 Å². The molecule has 0 bridgehead atoms. The summed E-state index contributed by atoms with van der Waals surface area (Å²) in [6, 6.07) is 2.79. The van der Waals surface area contributed by atoms with Gasteiger partial charge in [-0.3, -0.25) is 4.98 Å². The van der Waals surface area contributed by atoms with E-state index in [1.807, 2.05) is 6.92 Å². The average molecular weight is 423 g/mol. The number of nitrogens with two attached hydrogens (primary N) is 1. The zero-order valence-electron chi connectivity index (χ0n) is 15.9. The molecule has 0 saturated carbocycles. The number of pyridine rings is 1. The van der Waals surface area contributed by atoms with Gasteiger partial charge in [-0.1, -0.05) is 36.9 Å². The van der Waals surface area contributed by atoms with E-state index in [9.17, 15) is 9.50 Å². The maximum Gasteiger partial charge on any atom is 0.192 e. The first kappa shape index (κ1) is 20.7. The Kier molecular flexibility index (Phi) is 6.63. The Morgan fingerprint density at radius 2 is 2.07 bits per heavy atom. The number of halogens is 1. The molecule has 0 spiro atoms. The summed E-state index contributed by atoms with van der Waals surface area (Å²) in [5.41, 5.74) is 6.69. The van der Waals surface area contributed by atoms with Crippen LogP contribution in [0.4, 0.5) is 15.3 Å². The Morgan fingerprint density at radius 1 is 1.29 bits per heavy atom. The van der Waals surface area contributed by atoms with Gasteiger partial charge < -0.3 is 16.2 Å². The van der Waals surface area contributed by atoms with Crippen LogP contribution >= 0.6 is 23.1 Å². The molecular formula is C18H23FN6OS2. The van der Waals surface area contributed by atoms with E-state index in [0.29, 0.717) is 33.4 Å². The fraction of sp³-hybridized carbons (Fsp3) is 0.444. The Bertz CT molecular complexity index is 951. The summed E-state index contributed by atoms with van der Waals surface area (Å²) < 4.78 is 14.8. The molecule has 0 aliphatic rings. The predicted octanol–water partition coefficient (Wildman–Crippen LogP) is 3.87. The molecule has 0 amide bonds. The number of anilines is 2. The number of thioether (sulfide) groups is 1. The van der Waals surface area contributed by atoms with Gasteiger partial charge in [0, 0.05) is 6.20 Å². The fourth-order valence-electron chi connectivity index (χ4n) is 2.82. The summed E-state index contributed by atoms with van der Waals surface area (Å²) in [6.07, 6.45) is 2.35. The molecule has 0 aliphatic carbocycles. The zero-order chi connectivity index (χ0) is 20.3. The van der Waals surface area contributed by atoms with Gasteiger partial charge in [0.25, 0.3) is 0 Å². The summed E-state index contributed by atoms with van der Waals surface area (Å²) in [5, 5.41) is 13.6. The SMILES string of the molecule is CC(C)C[C@H](CO)Nc1nc(SC(C)c2ncccc2F)nc2nc(N)sc12. The summed E-state index contributed by atoms with van der Waals surface area (Å²) in [5.74, 6) is 0.627. The van der Waals surface area contributed by atoms with E-state index in [4.69, 9.17) is 5.73 Å². The number of nitrogen functional groups attached to an aromatic ring is 1. The van der Waals surface area contributed by atoms with Crippen molar-refractivity contribution in [2.75, 3.05) is 17.7 Å². The van der Waals surface area contributed by atoms with Crippen LogP contribution in [0.15, 0.2) is 23.5 Å². The molecule has 3 aromatic heterocycles. The third kappa shape index (κ3) is 4.86. The van der Waals surface area contributed by atoms with Gasteiger partial charge in [-0.25, -0.2) is 19.3 Å². The summed E-state index contributed by atoms with van der Waals surface area (Å²) >= 11 is 2.59. The summed E-state index contributed by atoms with van der Waals surface area (Å²) in [4.78, 5) is 17.5. The lowest BCUT2D eigenvalue weighted by Crippen LogP contribution is -2.26. The normalized spacial score (nSPS) is 13.8. The maximum absolute atomic E-state index is 14.0. The van der Waals surface area contributed by atoms with Crippen LogP contribution in [0.5, 0.6) is 0 Å². The van der Waals surface area contributed by atoms with Crippen molar-refractivity contribution in [1.29, 1.82) is 0 Å². The van der Waals surface area contributed by atoms with Gasteiger partial charge in [0.15, 0.2) is 21.8 Å². The smallest absolute Gasteiger partial charge is 0.192 e. The molecule has 0 saturated heterocycles. The molecule has 2 atom stereocenters. The van der Waals surface area contributed by atoms with Crippen LogP contribution in [0.2, 0.25) is 0 Å². The number of hydrogen-bond acceptors (Lipinski definition) is 9. The van der Waals surface area contributed by atoms with Crippen molar-refractivity contribution in [1.82, 2.24) is 19.9 Å². The number of thiazole rings is 1. The average Bonchev–Trinajstić information content (AvgIpc) is 3.01. The first-order chi connectivity index (χ1) is 13.4. The Balaban J connectivity index is 1.92. The first-order valence-electron chi connectivity index (χ1n) is 8.95. The second-order valence-electron chi connectivity index (χ2n) is 6.84. The van der Waals surface area contributed by atoms with Crippen LogP contribution < -0.4 is 11.1 Å². The summed E-state index contributed by atoms with van der Waals surface area (Å²) in [6.45, 7) is 6.02. The highest BCUT2D eigenvalue weighted by atomic mass is 32.2. The fourth-order valence-corrected chi connectivity index (χ4v) is 4.43. The maximum atomic E-state index is 14.0. The quantitative estimate of drug-likeness (QED) is 0.371. The van der Waals surface area contributed by atoms with Crippen LogP contribution in [0.3, 0.4) is 0 Å². The minimum atomic E-state index is -0.364. The predicted molar refractivity (Wildman–Crippen MR) is 112 cm³/mol. The number of aliphatic hydroxyl groups is 1. The van der Waals surface area contributed by atoms with Crippen molar-refractivity contribution in [3.05, 3.63) is 29.8 Å². The molecule has 0 aromatic carbocycles. The zero-order valence-corrected chi connectivity index (χ0v) is 17.5. The molecule has 4 N–H and O–H groups in total.